The number of fused-ring (bicyclic) bond motifs is 3. The lowest BCUT2D eigenvalue weighted by Gasteiger charge is -2.41. The molecule has 2 N–H and O–H groups in total. The van der Waals surface area contributed by atoms with Crippen molar-refractivity contribution in [1.29, 1.82) is 5.26 Å². The fraction of sp³-hybridized carbons (Fsp3) is 0.387. The van der Waals surface area contributed by atoms with Crippen molar-refractivity contribution < 1.29 is 33.3 Å². The van der Waals surface area contributed by atoms with Crippen molar-refractivity contribution in [3.05, 3.63) is 88.6 Å². The zero-order chi connectivity index (χ0) is 29.0. The van der Waals surface area contributed by atoms with Crippen LogP contribution < -0.4 is 9.47 Å². The average molecular weight is 562 g/mol. The number of rotatable bonds is 6. The second-order valence-corrected chi connectivity index (χ2v) is 11.0. The van der Waals surface area contributed by atoms with Gasteiger partial charge >= 0.3 is 0 Å². The first kappa shape index (κ1) is 27.3. The maximum atomic E-state index is 14.5. The van der Waals surface area contributed by atoms with E-state index in [2.05, 4.69) is 11.1 Å². The van der Waals surface area contributed by atoms with E-state index >= 15 is 0 Å². The number of aromatic nitrogens is 1. The van der Waals surface area contributed by atoms with E-state index in [-0.39, 0.29) is 35.9 Å². The number of halogens is 2. The number of benzene rings is 2. The van der Waals surface area contributed by atoms with Crippen LogP contribution in [-0.4, -0.2) is 65.2 Å². The highest BCUT2D eigenvalue weighted by Crippen LogP contribution is 2.69. The van der Waals surface area contributed by atoms with Crippen LogP contribution in [0, 0.1) is 17.2 Å². The first-order chi connectivity index (χ1) is 19.7. The van der Waals surface area contributed by atoms with Crippen LogP contribution in [0.1, 0.15) is 51.5 Å². The predicted molar refractivity (Wildman–Crippen MR) is 143 cm³/mol. The van der Waals surface area contributed by atoms with E-state index in [1.165, 1.54) is 13.2 Å². The molecule has 2 aromatic carbocycles. The molecule has 8 nitrogen and oxygen atoms in total. The molecule has 5 atom stereocenters. The molecule has 10 heteroatoms. The van der Waals surface area contributed by atoms with Crippen molar-refractivity contribution in [2.24, 2.45) is 5.92 Å². The molecule has 3 aromatic rings. The van der Waals surface area contributed by atoms with Gasteiger partial charge in [-0.25, -0.2) is 13.8 Å². The number of likely N-dealkylation sites (tertiary alicyclic amines) is 1. The van der Waals surface area contributed by atoms with Gasteiger partial charge in [0, 0.05) is 30.9 Å². The Kier molecular flexibility index (Phi) is 6.57. The number of carbonyl (C=O) groups is 1. The summed E-state index contributed by atoms with van der Waals surface area (Å²) >= 11 is 0. The topological polar surface area (TPSA) is 116 Å². The number of carbonyl (C=O) groups excluding carboxylic acids is 1. The van der Waals surface area contributed by atoms with Crippen LogP contribution in [0.15, 0.2) is 60.7 Å². The van der Waals surface area contributed by atoms with E-state index < -0.39 is 41.6 Å². The first-order valence-corrected chi connectivity index (χ1v) is 13.5. The highest BCUT2D eigenvalue weighted by atomic mass is 19.3. The van der Waals surface area contributed by atoms with Gasteiger partial charge in [0.25, 0.3) is 5.92 Å². The van der Waals surface area contributed by atoms with E-state index in [1.54, 1.807) is 29.2 Å². The summed E-state index contributed by atoms with van der Waals surface area (Å²) in [7, 11) is 1.34. The van der Waals surface area contributed by atoms with Gasteiger partial charge in [0.05, 0.1) is 37.0 Å². The molecule has 212 valence electrons. The molecule has 3 aliphatic rings. The van der Waals surface area contributed by atoms with Gasteiger partial charge in [-0.3, -0.25) is 9.69 Å². The van der Waals surface area contributed by atoms with Gasteiger partial charge in [-0.05, 0) is 36.2 Å². The zero-order valence-electron chi connectivity index (χ0n) is 22.3. The lowest BCUT2D eigenvalue weighted by molar-refractivity contribution is -0.153. The van der Waals surface area contributed by atoms with Gasteiger partial charge in [0.1, 0.15) is 11.4 Å². The van der Waals surface area contributed by atoms with Crippen LogP contribution in [-0.2, 0) is 11.2 Å². The highest BCUT2D eigenvalue weighted by molar-refractivity contribution is 5.75. The van der Waals surface area contributed by atoms with Gasteiger partial charge in [0.2, 0.25) is 5.88 Å². The number of pyridine rings is 1. The Morgan fingerprint density at radius 2 is 1.95 bits per heavy atom. The van der Waals surface area contributed by atoms with E-state index in [0.29, 0.717) is 30.4 Å². The standard InChI is InChI=1S/C31H29F2N3O5/c1-40-28-26-24(14-22(17-37)35-28)41-31(21-10-8-19(15-34)9-11-21)25(20-6-3-2-4-7-20)23(27(38)30(26,31)39)16-36-13-5-12-29(32,33)18-36/h2-4,6-11,14,17,23,25,27,38-39H,5,12-13,16,18H2,1H3. The molecule has 2 aliphatic heterocycles. The molecule has 3 heterocycles. The van der Waals surface area contributed by atoms with E-state index in [4.69, 9.17) is 9.47 Å². The third-order valence-electron chi connectivity index (χ3n) is 8.74. The number of ether oxygens (including phenoxy) is 2. The van der Waals surface area contributed by atoms with Gasteiger partial charge < -0.3 is 19.7 Å². The second-order valence-electron chi connectivity index (χ2n) is 11.0. The summed E-state index contributed by atoms with van der Waals surface area (Å²) in [6.45, 7) is 0.0379. The predicted octanol–water partition coefficient (Wildman–Crippen LogP) is 3.76. The van der Waals surface area contributed by atoms with Gasteiger partial charge in [-0.1, -0.05) is 42.5 Å². The molecule has 0 radical (unpaired) electrons. The molecule has 1 saturated carbocycles. The summed E-state index contributed by atoms with van der Waals surface area (Å²) in [4.78, 5) is 17.6. The van der Waals surface area contributed by atoms with Crippen molar-refractivity contribution in [2.45, 2.75) is 42.0 Å². The van der Waals surface area contributed by atoms with Crippen molar-refractivity contribution in [3.8, 4) is 17.7 Å². The minimum atomic E-state index is -2.86. The largest absolute Gasteiger partial charge is 0.481 e. The molecule has 0 bridgehead atoms. The first-order valence-electron chi connectivity index (χ1n) is 13.5. The number of hydrogen-bond acceptors (Lipinski definition) is 8. The molecule has 1 aliphatic carbocycles. The molecule has 1 saturated heterocycles. The summed E-state index contributed by atoms with van der Waals surface area (Å²) in [5, 5.41) is 34.5. The van der Waals surface area contributed by atoms with E-state index in [0.717, 1.165) is 5.56 Å². The van der Waals surface area contributed by atoms with Crippen LogP contribution in [0.3, 0.4) is 0 Å². The number of aldehydes is 1. The van der Waals surface area contributed by atoms with Crippen molar-refractivity contribution in [1.82, 2.24) is 9.88 Å². The SMILES string of the molecule is COc1nc(C=O)cc2c1C1(O)C(O)C(CN3CCCC(F)(F)C3)C(c3ccccc3)C1(c1ccc(C#N)cc1)O2. The monoisotopic (exact) mass is 561 g/mol. The third-order valence-corrected chi connectivity index (χ3v) is 8.74. The normalized spacial score (nSPS) is 30.1. The molecule has 1 aromatic heterocycles. The lowest BCUT2D eigenvalue weighted by atomic mass is 9.70. The van der Waals surface area contributed by atoms with Crippen LogP contribution in [0.5, 0.6) is 11.6 Å². The molecule has 2 fully saturated rings. The minimum absolute atomic E-state index is 0.0111. The molecule has 41 heavy (non-hydrogen) atoms. The Morgan fingerprint density at radius 1 is 1.22 bits per heavy atom. The summed E-state index contributed by atoms with van der Waals surface area (Å²) in [5.41, 5.74) is -2.20. The van der Waals surface area contributed by atoms with Crippen molar-refractivity contribution in [3.63, 3.8) is 0 Å². The molecular weight excluding hydrogens is 532 g/mol. The molecular formula is C31H29F2N3O5. The maximum absolute atomic E-state index is 14.5. The summed E-state index contributed by atoms with van der Waals surface area (Å²) < 4.78 is 41.2. The fourth-order valence-electron chi connectivity index (χ4n) is 7.15. The van der Waals surface area contributed by atoms with Crippen molar-refractivity contribution in [2.75, 3.05) is 26.7 Å². The van der Waals surface area contributed by atoms with Crippen LogP contribution in [0.2, 0.25) is 0 Å². The highest BCUT2D eigenvalue weighted by Gasteiger charge is 2.77. The molecule has 0 amide bonds. The Bertz CT molecular complexity index is 1510. The maximum Gasteiger partial charge on any atom is 0.260 e. The van der Waals surface area contributed by atoms with Gasteiger partial charge in [0.15, 0.2) is 17.5 Å². The number of alkyl halides is 2. The lowest BCUT2D eigenvalue weighted by Crippen LogP contribution is -2.52. The summed E-state index contributed by atoms with van der Waals surface area (Å²) in [5.74, 6) is -4.34. The molecule has 6 rings (SSSR count). The third kappa shape index (κ3) is 4.02. The average Bonchev–Trinajstić information content (AvgIpc) is 3.34. The number of aliphatic hydroxyl groups excluding tert-OH is 1. The number of nitriles is 1. The second kappa shape index (κ2) is 9.87. The Labute approximate surface area is 235 Å². The quantitative estimate of drug-likeness (QED) is 0.438. The number of methoxy groups -OCH3 is 1. The molecule has 0 spiro atoms. The van der Waals surface area contributed by atoms with Gasteiger partial charge in [-0.2, -0.15) is 5.26 Å². The number of piperidine rings is 1. The smallest absolute Gasteiger partial charge is 0.260 e. The van der Waals surface area contributed by atoms with Crippen LogP contribution in [0.4, 0.5) is 8.78 Å². The molecule has 5 unspecified atom stereocenters. The number of aliphatic hydroxyl groups is 2. The minimum Gasteiger partial charge on any atom is -0.481 e. The number of nitrogens with zero attached hydrogens (tertiary/aromatic N) is 3. The Balaban J connectivity index is 1.61. The number of hydrogen-bond donors (Lipinski definition) is 2. The van der Waals surface area contributed by atoms with Gasteiger partial charge in [-0.15, -0.1) is 0 Å². The Hall–Kier alpha value is -3.91. The van der Waals surface area contributed by atoms with Crippen LogP contribution in [0.25, 0.3) is 0 Å². The fourth-order valence-corrected chi connectivity index (χ4v) is 7.15. The summed E-state index contributed by atoms with van der Waals surface area (Å²) in [6.07, 6.45) is -0.875. The van der Waals surface area contributed by atoms with Crippen molar-refractivity contribution >= 4 is 6.29 Å². The zero-order valence-corrected chi connectivity index (χ0v) is 22.3. The van der Waals surface area contributed by atoms with E-state index in [9.17, 15) is 29.1 Å². The Morgan fingerprint density at radius 3 is 2.59 bits per heavy atom. The van der Waals surface area contributed by atoms with Crippen LogP contribution >= 0.6 is 0 Å². The summed E-state index contributed by atoms with van der Waals surface area (Å²) in [6, 6.07) is 19.2. The van der Waals surface area contributed by atoms with E-state index in [1.807, 2.05) is 30.3 Å².